The molecular weight excluding hydrogens is 328 g/mol. The number of carbonyl (C=O) groups is 1. The fourth-order valence-corrected chi connectivity index (χ4v) is 2.88. The van der Waals surface area contributed by atoms with Crippen molar-refractivity contribution in [1.82, 2.24) is 0 Å². The van der Waals surface area contributed by atoms with Crippen LogP contribution in [0.1, 0.15) is 24.0 Å². The van der Waals surface area contributed by atoms with Crippen LogP contribution in [-0.2, 0) is 9.53 Å². The number of hydrogen-bond donors (Lipinski definition) is 2. The first-order valence-electron chi connectivity index (χ1n) is 9.06. The lowest BCUT2D eigenvalue weighted by molar-refractivity contribution is -0.114. The number of hydrogen-bond acceptors (Lipinski definition) is 4. The molecule has 0 aromatic heterocycles. The summed E-state index contributed by atoms with van der Waals surface area (Å²) >= 11 is 0. The predicted octanol–water partition coefficient (Wildman–Crippen LogP) is 3.91. The maximum absolute atomic E-state index is 12.3. The van der Waals surface area contributed by atoms with Gasteiger partial charge in [-0.1, -0.05) is 18.2 Å². The Morgan fingerprint density at radius 1 is 1.19 bits per heavy atom. The van der Waals surface area contributed by atoms with Gasteiger partial charge in [-0.05, 0) is 62.1 Å². The summed E-state index contributed by atoms with van der Waals surface area (Å²) in [6.07, 6.45) is 2.25. The summed E-state index contributed by atoms with van der Waals surface area (Å²) < 4.78 is 11.4. The third kappa shape index (κ3) is 4.99. The Morgan fingerprint density at radius 2 is 2.04 bits per heavy atom. The molecule has 1 unspecified atom stereocenters. The first-order chi connectivity index (χ1) is 12.6. The van der Waals surface area contributed by atoms with Crippen LogP contribution in [0.2, 0.25) is 0 Å². The molecule has 1 saturated heterocycles. The van der Waals surface area contributed by atoms with Crippen LogP contribution in [0, 0.1) is 13.8 Å². The maximum Gasteiger partial charge on any atom is 0.243 e. The molecule has 1 amide bonds. The van der Waals surface area contributed by atoms with Crippen LogP contribution in [0.15, 0.2) is 42.5 Å². The van der Waals surface area contributed by atoms with Crippen molar-refractivity contribution < 1.29 is 14.3 Å². The van der Waals surface area contributed by atoms with Crippen molar-refractivity contribution >= 4 is 17.3 Å². The predicted molar refractivity (Wildman–Crippen MR) is 104 cm³/mol. The van der Waals surface area contributed by atoms with Crippen LogP contribution in [0.4, 0.5) is 11.4 Å². The van der Waals surface area contributed by atoms with Crippen LogP contribution in [0.5, 0.6) is 5.75 Å². The van der Waals surface area contributed by atoms with Crippen molar-refractivity contribution in [3.63, 3.8) is 0 Å². The van der Waals surface area contributed by atoms with Gasteiger partial charge in [0.15, 0.2) is 0 Å². The van der Waals surface area contributed by atoms with E-state index in [9.17, 15) is 4.79 Å². The molecule has 0 aliphatic carbocycles. The molecule has 1 aliphatic rings. The lowest BCUT2D eigenvalue weighted by Gasteiger charge is -2.15. The van der Waals surface area contributed by atoms with Crippen molar-refractivity contribution in [2.75, 3.05) is 30.4 Å². The molecule has 0 saturated carbocycles. The van der Waals surface area contributed by atoms with E-state index in [0.717, 1.165) is 25.1 Å². The highest BCUT2D eigenvalue weighted by atomic mass is 16.5. The zero-order chi connectivity index (χ0) is 18.4. The van der Waals surface area contributed by atoms with Gasteiger partial charge in [0, 0.05) is 12.3 Å². The highest BCUT2D eigenvalue weighted by Gasteiger charge is 2.17. The van der Waals surface area contributed by atoms with Crippen LogP contribution in [0.25, 0.3) is 0 Å². The van der Waals surface area contributed by atoms with Crippen molar-refractivity contribution in [3.05, 3.63) is 53.6 Å². The van der Waals surface area contributed by atoms with Gasteiger partial charge >= 0.3 is 0 Å². The largest absolute Gasteiger partial charge is 0.489 e. The molecule has 2 N–H and O–H groups in total. The van der Waals surface area contributed by atoms with E-state index in [1.807, 2.05) is 42.5 Å². The molecule has 0 radical (unpaired) electrons. The van der Waals surface area contributed by atoms with Gasteiger partial charge in [-0.2, -0.15) is 0 Å². The average Bonchev–Trinajstić information content (AvgIpc) is 3.15. The second kappa shape index (κ2) is 8.72. The zero-order valence-corrected chi connectivity index (χ0v) is 15.4. The number of nitrogens with one attached hydrogen (secondary N) is 2. The first-order valence-corrected chi connectivity index (χ1v) is 9.06. The van der Waals surface area contributed by atoms with Crippen LogP contribution >= 0.6 is 0 Å². The van der Waals surface area contributed by atoms with Gasteiger partial charge in [-0.15, -0.1) is 0 Å². The van der Waals surface area contributed by atoms with Gasteiger partial charge in [-0.3, -0.25) is 4.79 Å². The number of rotatable bonds is 7. The summed E-state index contributed by atoms with van der Waals surface area (Å²) in [6.45, 7) is 5.63. The Bertz CT molecular complexity index is 755. The summed E-state index contributed by atoms with van der Waals surface area (Å²) in [5.41, 5.74) is 4.05. The smallest absolute Gasteiger partial charge is 0.243 e. The summed E-state index contributed by atoms with van der Waals surface area (Å²) in [5.74, 6) is 0.555. The van der Waals surface area contributed by atoms with Crippen LogP contribution < -0.4 is 15.4 Å². The van der Waals surface area contributed by atoms with E-state index in [2.05, 4.69) is 24.5 Å². The summed E-state index contributed by atoms with van der Waals surface area (Å²) in [5, 5.41) is 6.07. The van der Waals surface area contributed by atoms with E-state index in [0.29, 0.717) is 18.0 Å². The van der Waals surface area contributed by atoms with E-state index in [-0.39, 0.29) is 18.6 Å². The first kappa shape index (κ1) is 18.3. The minimum Gasteiger partial charge on any atom is -0.489 e. The number of amides is 1. The van der Waals surface area contributed by atoms with E-state index in [1.54, 1.807) is 0 Å². The molecule has 26 heavy (non-hydrogen) atoms. The SMILES string of the molecule is Cc1ccc(NCC(=O)Nc2ccccc2OCC2CCCO2)cc1C. The van der Waals surface area contributed by atoms with Crippen molar-refractivity contribution in [3.8, 4) is 5.75 Å². The summed E-state index contributed by atoms with van der Waals surface area (Å²) in [7, 11) is 0. The minimum absolute atomic E-state index is 0.114. The van der Waals surface area contributed by atoms with E-state index >= 15 is 0 Å². The fraction of sp³-hybridized carbons (Fsp3) is 0.381. The van der Waals surface area contributed by atoms with Gasteiger partial charge in [-0.25, -0.2) is 0 Å². The van der Waals surface area contributed by atoms with Crippen molar-refractivity contribution in [2.24, 2.45) is 0 Å². The lowest BCUT2D eigenvalue weighted by atomic mass is 10.1. The number of benzene rings is 2. The molecule has 5 nitrogen and oxygen atoms in total. The van der Waals surface area contributed by atoms with Crippen molar-refractivity contribution in [1.29, 1.82) is 0 Å². The van der Waals surface area contributed by atoms with Crippen LogP contribution in [-0.4, -0.2) is 31.8 Å². The van der Waals surface area contributed by atoms with Gasteiger partial charge in [0.1, 0.15) is 12.4 Å². The molecule has 138 valence electrons. The zero-order valence-electron chi connectivity index (χ0n) is 15.4. The Hall–Kier alpha value is -2.53. The van der Waals surface area contributed by atoms with E-state index in [4.69, 9.17) is 9.47 Å². The number of aryl methyl sites for hydroxylation is 2. The van der Waals surface area contributed by atoms with E-state index < -0.39 is 0 Å². The van der Waals surface area contributed by atoms with Gasteiger partial charge < -0.3 is 20.1 Å². The molecule has 5 heteroatoms. The Balaban J connectivity index is 1.54. The molecule has 3 rings (SSSR count). The number of ether oxygens (including phenoxy) is 2. The summed E-state index contributed by atoms with van der Waals surface area (Å²) in [4.78, 5) is 12.3. The second-order valence-electron chi connectivity index (χ2n) is 6.64. The number of para-hydroxylation sites is 2. The Kier molecular flexibility index (Phi) is 6.12. The van der Waals surface area contributed by atoms with Gasteiger partial charge in [0.2, 0.25) is 5.91 Å². The molecule has 0 spiro atoms. The third-order valence-electron chi connectivity index (χ3n) is 4.57. The Labute approximate surface area is 154 Å². The Morgan fingerprint density at radius 3 is 2.81 bits per heavy atom. The maximum atomic E-state index is 12.3. The topological polar surface area (TPSA) is 59.6 Å². The molecular formula is C21H26N2O3. The van der Waals surface area contributed by atoms with Crippen LogP contribution in [0.3, 0.4) is 0 Å². The molecule has 2 aromatic rings. The minimum atomic E-state index is -0.114. The monoisotopic (exact) mass is 354 g/mol. The standard InChI is InChI=1S/C21H26N2O3/c1-15-9-10-17(12-16(15)2)22-13-21(24)23-19-7-3-4-8-20(19)26-14-18-6-5-11-25-18/h3-4,7-10,12,18,22H,5-6,11,13-14H2,1-2H3,(H,23,24). The normalized spacial score (nSPS) is 16.3. The average molecular weight is 354 g/mol. The number of carbonyl (C=O) groups excluding carboxylic acids is 1. The van der Waals surface area contributed by atoms with Gasteiger partial charge in [0.25, 0.3) is 0 Å². The molecule has 2 aromatic carbocycles. The van der Waals surface area contributed by atoms with E-state index in [1.165, 1.54) is 11.1 Å². The summed E-state index contributed by atoms with van der Waals surface area (Å²) in [6, 6.07) is 13.6. The highest BCUT2D eigenvalue weighted by molar-refractivity contribution is 5.95. The number of anilines is 2. The molecule has 1 heterocycles. The van der Waals surface area contributed by atoms with Crippen molar-refractivity contribution in [2.45, 2.75) is 32.8 Å². The molecule has 1 atom stereocenters. The third-order valence-corrected chi connectivity index (χ3v) is 4.57. The second-order valence-corrected chi connectivity index (χ2v) is 6.64. The highest BCUT2D eigenvalue weighted by Crippen LogP contribution is 2.25. The molecule has 1 fully saturated rings. The molecule has 0 bridgehead atoms. The fourth-order valence-electron chi connectivity index (χ4n) is 2.88. The lowest BCUT2D eigenvalue weighted by Crippen LogP contribution is -2.23. The quantitative estimate of drug-likeness (QED) is 0.791. The molecule has 1 aliphatic heterocycles. The van der Waals surface area contributed by atoms with Gasteiger partial charge in [0.05, 0.1) is 18.3 Å².